The highest BCUT2D eigenvalue weighted by Crippen LogP contribution is 2.21. The largest absolute Gasteiger partial charge is 0.490 e. The van der Waals surface area contributed by atoms with Crippen molar-refractivity contribution >= 4 is 17.6 Å². The van der Waals surface area contributed by atoms with Gasteiger partial charge in [-0.05, 0) is 18.6 Å². The number of carboxylic acid groups (broad SMARTS) is 1. The summed E-state index contributed by atoms with van der Waals surface area (Å²) in [5.41, 5.74) is -1.98. The molecule has 0 heterocycles. The van der Waals surface area contributed by atoms with E-state index in [2.05, 4.69) is 0 Å². The van der Waals surface area contributed by atoms with Crippen molar-refractivity contribution in [2.45, 2.75) is 18.9 Å². The third-order valence-electron chi connectivity index (χ3n) is 2.35. The summed E-state index contributed by atoms with van der Waals surface area (Å²) in [5, 5.41) is 18.4. The molecule has 0 unspecified atom stereocenters. The van der Waals surface area contributed by atoms with Gasteiger partial charge in [0.1, 0.15) is 18.2 Å². The van der Waals surface area contributed by atoms with Gasteiger partial charge in [-0.15, -0.1) is 0 Å². The Morgan fingerprint density at radius 1 is 1.59 bits per heavy atom. The van der Waals surface area contributed by atoms with Gasteiger partial charge < -0.3 is 14.9 Å². The van der Waals surface area contributed by atoms with Gasteiger partial charge in [0.25, 0.3) is 0 Å². The van der Waals surface area contributed by atoms with Crippen LogP contribution >= 0.6 is 11.6 Å². The maximum Gasteiger partial charge on any atom is 0.339 e. The summed E-state index contributed by atoms with van der Waals surface area (Å²) in [5.74, 6) is -1.94. The van der Waals surface area contributed by atoms with Gasteiger partial charge in [0.05, 0.1) is 5.02 Å². The van der Waals surface area contributed by atoms with Crippen LogP contribution in [0.4, 0.5) is 4.39 Å². The lowest BCUT2D eigenvalue weighted by atomic mass is 10.0. The van der Waals surface area contributed by atoms with Gasteiger partial charge in [-0.25, -0.2) is 9.18 Å². The van der Waals surface area contributed by atoms with Crippen LogP contribution in [0.15, 0.2) is 18.2 Å². The lowest BCUT2D eigenvalue weighted by Gasteiger charge is -2.21. The molecule has 94 valence electrons. The highest BCUT2D eigenvalue weighted by Gasteiger charge is 2.35. The van der Waals surface area contributed by atoms with Gasteiger partial charge in [0, 0.05) is 6.07 Å². The Hall–Kier alpha value is -1.33. The smallest absolute Gasteiger partial charge is 0.339 e. The summed E-state index contributed by atoms with van der Waals surface area (Å²) < 4.78 is 18.1. The maximum atomic E-state index is 13.0. The van der Waals surface area contributed by atoms with Gasteiger partial charge in [-0.2, -0.15) is 0 Å². The van der Waals surface area contributed by atoms with Crippen LogP contribution in [0.5, 0.6) is 5.75 Å². The van der Waals surface area contributed by atoms with Crippen molar-refractivity contribution in [2.75, 3.05) is 6.61 Å². The summed E-state index contributed by atoms with van der Waals surface area (Å²) in [6.07, 6.45) is -0.0155. The number of carboxylic acids is 1. The molecule has 1 aromatic carbocycles. The lowest BCUT2D eigenvalue weighted by Crippen LogP contribution is -2.43. The highest BCUT2D eigenvalue weighted by atomic mass is 35.5. The molecule has 1 rings (SSSR count). The van der Waals surface area contributed by atoms with E-state index in [1.54, 1.807) is 0 Å². The molecule has 0 saturated heterocycles. The van der Waals surface area contributed by atoms with Crippen molar-refractivity contribution in [2.24, 2.45) is 0 Å². The first kappa shape index (κ1) is 13.7. The van der Waals surface area contributed by atoms with E-state index in [4.69, 9.17) is 21.4 Å². The van der Waals surface area contributed by atoms with Crippen molar-refractivity contribution in [3.8, 4) is 5.75 Å². The molecule has 0 aliphatic carbocycles. The van der Waals surface area contributed by atoms with Crippen molar-refractivity contribution in [3.05, 3.63) is 29.0 Å². The Morgan fingerprint density at radius 2 is 2.24 bits per heavy atom. The normalized spacial score (nSPS) is 14.1. The predicted octanol–water partition coefficient (Wildman–Crippen LogP) is 2.08. The summed E-state index contributed by atoms with van der Waals surface area (Å²) in [6, 6.07) is 3.71. The van der Waals surface area contributed by atoms with Gasteiger partial charge in [0.2, 0.25) is 0 Å². The molecule has 4 nitrogen and oxygen atoms in total. The van der Waals surface area contributed by atoms with E-state index in [0.717, 1.165) is 6.07 Å². The fraction of sp³-hybridized carbons (Fsp3) is 0.364. The fourth-order valence-electron chi connectivity index (χ4n) is 1.08. The first-order chi connectivity index (χ1) is 7.89. The van der Waals surface area contributed by atoms with Crippen molar-refractivity contribution in [3.63, 3.8) is 0 Å². The number of aliphatic hydroxyl groups is 1. The molecule has 2 N–H and O–H groups in total. The minimum absolute atomic E-state index is 0.0155. The van der Waals surface area contributed by atoms with Crippen LogP contribution in [-0.2, 0) is 4.79 Å². The SMILES string of the molecule is CC[C@@](O)(COc1ccc(Cl)c(F)c1)C(=O)O. The molecule has 0 aromatic heterocycles. The molecule has 0 aliphatic rings. The average Bonchev–Trinajstić information content (AvgIpc) is 2.30. The van der Waals surface area contributed by atoms with Crippen molar-refractivity contribution < 1.29 is 24.1 Å². The van der Waals surface area contributed by atoms with E-state index in [1.807, 2.05) is 0 Å². The molecule has 17 heavy (non-hydrogen) atoms. The van der Waals surface area contributed by atoms with Crippen LogP contribution in [0.3, 0.4) is 0 Å². The Labute approximate surface area is 103 Å². The maximum absolute atomic E-state index is 13.0. The summed E-state index contributed by atoms with van der Waals surface area (Å²) in [6.45, 7) is 1.06. The summed E-state index contributed by atoms with van der Waals surface area (Å²) in [4.78, 5) is 10.8. The van der Waals surface area contributed by atoms with E-state index in [9.17, 15) is 14.3 Å². The van der Waals surface area contributed by atoms with Crippen LogP contribution in [0, 0.1) is 5.82 Å². The van der Waals surface area contributed by atoms with Crippen LogP contribution in [-0.4, -0.2) is 28.4 Å². The molecular weight excluding hydrogens is 251 g/mol. The zero-order valence-electron chi connectivity index (χ0n) is 9.11. The molecule has 0 spiro atoms. The third kappa shape index (κ3) is 3.31. The Morgan fingerprint density at radius 3 is 2.71 bits per heavy atom. The summed E-state index contributed by atoms with van der Waals surface area (Å²) >= 11 is 5.47. The first-order valence-electron chi connectivity index (χ1n) is 4.92. The Bertz CT molecular complexity index is 424. The number of halogens is 2. The second kappa shape index (κ2) is 5.33. The monoisotopic (exact) mass is 262 g/mol. The molecule has 0 aliphatic heterocycles. The standard InChI is InChI=1S/C11H12ClFO4/c1-2-11(16,10(14)15)6-17-7-3-4-8(12)9(13)5-7/h3-5,16H,2,6H2,1H3,(H,14,15)/t11-/m1/s1. The van der Waals surface area contributed by atoms with E-state index in [1.165, 1.54) is 19.1 Å². The van der Waals surface area contributed by atoms with E-state index in [-0.39, 0.29) is 17.2 Å². The minimum Gasteiger partial charge on any atom is -0.490 e. The van der Waals surface area contributed by atoms with Crippen LogP contribution < -0.4 is 4.74 Å². The highest BCUT2D eigenvalue weighted by molar-refractivity contribution is 6.30. The Balaban J connectivity index is 2.73. The van der Waals surface area contributed by atoms with Gasteiger partial charge in [-0.1, -0.05) is 18.5 Å². The van der Waals surface area contributed by atoms with E-state index >= 15 is 0 Å². The number of ether oxygens (including phenoxy) is 1. The second-order valence-corrected chi connectivity index (χ2v) is 3.96. The number of rotatable bonds is 5. The van der Waals surface area contributed by atoms with Gasteiger partial charge in [-0.3, -0.25) is 0 Å². The molecule has 0 amide bonds. The number of carbonyl (C=O) groups is 1. The second-order valence-electron chi connectivity index (χ2n) is 3.55. The van der Waals surface area contributed by atoms with Crippen LogP contribution in [0.2, 0.25) is 5.02 Å². The number of hydrogen-bond donors (Lipinski definition) is 2. The molecule has 0 saturated carbocycles. The molecule has 6 heteroatoms. The van der Waals surface area contributed by atoms with Crippen molar-refractivity contribution in [1.82, 2.24) is 0 Å². The molecule has 1 aromatic rings. The fourth-order valence-corrected chi connectivity index (χ4v) is 1.20. The van der Waals surface area contributed by atoms with E-state index < -0.39 is 24.0 Å². The number of aliphatic carboxylic acids is 1. The molecular formula is C11H12ClFO4. The lowest BCUT2D eigenvalue weighted by molar-refractivity contribution is -0.162. The summed E-state index contributed by atoms with van der Waals surface area (Å²) in [7, 11) is 0. The van der Waals surface area contributed by atoms with E-state index in [0.29, 0.717) is 0 Å². The zero-order chi connectivity index (χ0) is 13.1. The first-order valence-corrected chi connectivity index (χ1v) is 5.30. The number of benzene rings is 1. The molecule has 0 fully saturated rings. The number of hydrogen-bond acceptors (Lipinski definition) is 3. The van der Waals surface area contributed by atoms with Crippen molar-refractivity contribution in [1.29, 1.82) is 0 Å². The van der Waals surface area contributed by atoms with Crippen LogP contribution in [0.1, 0.15) is 13.3 Å². The van der Waals surface area contributed by atoms with Gasteiger partial charge >= 0.3 is 5.97 Å². The molecule has 0 bridgehead atoms. The zero-order valence-corrected chi connectivity index (χ0v) is 9.87. The third-order valence-corrected chi connectivity index (χ3v) is 2.66. The average molecular weight is 263 g/mol. The minimum atomic E-state index is -1.98. The molecule has 0 radical (unpaired) electrons. The van der Waals surface area contributed by atoms with Crippen LogP contribution in [0.25, 0.3) is 0 Å². The molecule has 1 atom stereocenters. The van der Waals surface area contributed by atoms with Gasteiger partial charge in [0.15, 0.2) is 5.60 Å². The quantitative estimate of drug-likeness (QED) is 0.853. The topological polar surface area (TPSA) is 66.8 Å². The predicted molar refractivity (Wildman–Crippen MR) is 59.8 cm³/mol. The Kier molecular flexibility index (Phi) is 4.31.